The molecule has 0 aliphatic rings. The molecule has 0 aliphatic heterocycles. The summed E-state index contributed by atoms with van der Waals surface area (Å²) < 4.78 is 0.920. The van der Waals surface area contributed by atoms with Crippen LogP contribution in [0.15, 0.2) is 34.9 Å². The summed E-state index contributed by atoms with van der Waals surface area (Å²) >= 11 is 8.43. The molecular weight excluding hydrogens is 324 g/mol. The molecule has 0 radical (unpaired) electrons. The Kier molecular flexibility index (Phi) is 4.44. The normalized spacial score (nSPS) is 10.2. The number of nitrogens with zero attached hydrogens (tertiary/aromatic N) is 2. The molecule has 6 heteroatoms. The van der Waals surface area contributed by atoms with Gasteiger partial charge in [0.15, 0.2) is 0 Å². The Labute approximate surface area is 125 Å². The zero-order chi connectivity index (χ0) is 13.8. The molecule has 2 aromatic rings. The summed E-state index contributed by atoms with van der Waals surface area (Å²) in [4.78, 5) is 8.79. The van der Waals surface area contributed by atoms with Crippen LogP contribution in [0.2, 0.25) is 0 Å². The van der Waals surface area contributed by atoms with Crippen LogP contribution in [0.25, 0.3) is 0 Å². The fraction of sp³-hybridized carbons (Fsp3) is 0.154. The first-order chi connectivity index (χ1) is 9.06. The molecule has 0 saturated carbocycles. The molecule has 19 heavy (non-hydrogen) atoms. The molecule has 1 heterocycles. The lowest BCUT2D eigenvalue weighted by Crippen LogP contribution is -2.10. The summed E-state index contributed by atoms with van der Waals surface area (Å²) in [5, 5.41) is 3.30. The number of anilines is 1. The average molecular weight is 337 g/mol. The van der Waals surface area contributed by atoms with E-state index in [9.17, 15) is 0 Å². The van der Waals surface area contributed by atoms with Crippen LogP contribution in [0.1, 0.15) is 17.1 Å². The summed E-state index contributed by atoms with van der Waals surface area (Å²) in [6.07, 6.45) is 1.75. The van der Waals surface area contributed by atoms with E-state index in [1.54, 1.807) is 6.20 Å². The lowest BCUT2D eigenvalue weighted by Gasteiger charge is -2.09. The van der Waals surface area contributed by atoms with E-state index in [1.165, 1.54) is 0 Å². The summed E-state index contributed by atoms with van der Waals surface area (Å²) in [6, 6.07) is 7.61. The molecule has 0 unspecified atom stereocenters. The third kappa shape index (κ3) is 3.71. The molecule has 3 N–H and O–H groups in total. The van der Waals surface area contributed by atoms with Crippen molar-refractivity contribution in [3.63, 3.8) is 0 Å². The molecule has 0 saturated heterocycles. The highest BCUT2D eigenvalue weighted by atomic mass is 79.9. The number of nitrogens with one attached hydrogen (secondary N) is 1. The van der Waals surface area contributed by atoms with Gasteiger partial charge >= 0.3 is 0 Å². The molecule has 0 bridgehead atoms. The van der Waals surface area contributed by atoms with E-state index in [0.29, 0.717) is 11.5 Å². The van der Waals surface area contributed by atoms with Gasteiger partial charge in [0.1, 0.15) is 10.8 Å². The van der Waals surface area contributed by atoms with Gasteiger partial charge in [0, 0.05) is 21.9 Å². The number of aromatic nitrogens is 2. The average Bonchev–Trinajstić information content (AvgIpc) is 2.37. The Hall–Kier alpha value is -1.53. The van der Waals surface area contributed by atoms with E-state index < -0.39 is 0 Å². The second-order valence-corrected chi connectivity index (χ2v) is 5.30. The molecule has 0 fully saturated rings. The largest absolute Gasteiger partial charge is 0.389 e. The monoisotopic (exact) mass is 336 g/mol. The molecule has 98 valence electrons. The van der Waals surface area contributed by atoms with Gasteiger partial charge in [-0.15, -0.1) is 0 Å². The number of hydrogen-bond acceptors (Lipinski definition) is 4. The standard InChI is InChI=1S/C13H13BrN4S/c1-8-16-5-4-10(18-8)7-17-12-3-2-9(13(15)19)6-11(12)14/h2-6,17H,7H2,1H3,(H2,15,19). The summed E-state index contributed by atoms with van der Waals surface area (Å²) in [6.45, 7) is 2.50. The fourth-order valence-corrected chi connectivity index (χ4v) is 2.25. The summed E-state index contributed by atoms with van der Waals surface area (Å²) in [5.74, 6) is 0.766. The van der Waals surface area contributed by atoms with Gasteiger partial charge in [-0.05, 0) is 47.1 Å². The Balaban J connectivity index is 2.10. The predicted molar refractivity (Wildman–Crippen MR) is 84.1 cm³/mol. The molecular formula is C13H13BrN4S. The highest BCUT2D eigenvalue weighted by Gasteiger charge is 2.04. The maximum absolute atomic E-state index is 5.59. The Morgan fingerprint density at radius 2 is 2.21 bits per heavy atom. The molecule has 0 aliphatic carbocycles. The summed E-state index contributed by atoms with van der Waals surface area (Å²) in [5.41, 5.74) is 8.34. The van der Waals surface area contributed by atoms with Crippen LogP contribution >= 0.6 is 28.1 Å². The van der Waals surface area contributed by atoms with Crippen molar-refractivity contribution in [3.8, 4) is 0 Å². The maximum Gasteiger partial charge on any atom is 0.125 e. The van der Waals surface area contributed by atoms with Gasteiger partial charge < -0.3 is 11.1 Å². The van der Waals surface area contributed by atoms with Gasteiger partial charge in [0.25, 0.3) is 0 Å². The summed E-state index contributed by atoms with van der Waals surface area (Å²) in [7, 11) is 0. The Morgan fingerprint density at radius 3 is 2.84 bits per heavy atom. The van der Waals surface area contributed by atoms with E-state index >= 15 is 0 Å². The minimum absolute atomic E-state index is 0.388. The molecule has 2 rings (SSSR count). The van der Waals surface area contributed by atoms with Crippen molar-refractivity contribution < 1.29 is 0 Å². The van der Waals surface area contributed by atoms with Gasteiger partial charge in [-0.2, -0.15) is 0 Å². The third-order valence-electron chi connectivity index (χ3n) is 2.55. The maximum atomic E-state index is 5.59. The van der Waals surface area contributed by atoms with E-state index in [0.717, 1.165) is 27.2 Å². The minimum atomic E-state index is 0.388. The van der Waals surface area contributed by atoms with Crippen LogP contribution in [0.4, 0.5) is 5.69 Å². The molecule has 0 amide bonds. The van der Waals surface area contributed by atoms with Gasteiger partial charge in [-0.1, -0.05) is 12.2 Å². The van der Waals surface area contributed by atoms with Crippen molar-refractivity contribution in [1.29, 1.82) is 0 Å². The second-order valence-electron chi connectivity index (χ2n) is 4.01. The number of rotatable bonds is 4. The van der Waals surface area contributed by atoms with E-state index in [4.69, 9.17) is 18.0 Å². The first kappa shape index (κ1) is 13.9. The van der Waals surface area contributed by atoms with Crippen molar-refractivity contribution in [2.45, 2.75) is 13.5 Å². The van der Waals surface area contributed by atoms with Crippen molar-refractivity contribution in [2.75, 3.05) is 5.32 Å². The number of aryl methyl sites for hydroxylation is 1. The number of hydrogen-bond donors (Lipinski definition) is 2. The van der Waals surface area contributed by atoms with Crippen molar-refractivity contribution >= 4 is 38.8 Å². The second kappa shape index (κ2) is 6.08. The smallest absolute Gasteiger partial charge is 0.125 e. The van der Waals surface area contributed by atoms with Crippen LogP contribution in [-0.4, -0.2) is 15.0 Å². The zero-order valence-electron chi connectivity index (χ0n) is 10.4. The minimum Gasteiger partial charge on any atom is -0.389 e. The van der Waals surface area contributed by atoms with E-state index in [2.05, 4.69) is 31.2 Å². The van der Waals surface area contributed by atoms with Crippen LogP contribution in [-0.2, 0) is 6.54 Å². The molecule has 0 atom stereocenters. The molecule has 4 nitrogen and oxygen atoms in total. The van der Waals surface area contributed by atoms with Crippen LogP contribution < -0.4 is 11.1 Å². The number of thiocarbonyl (C=S) groups is 1. The highest BCUT2D eigenvalue weighted by molar-refractivity contribution is 9.10. The van der Waals surface area contributed by atoms with Gasteiger partial charge in [0.05, 0.1) is 12.2 Å². The molecule has 1 aromatic carbocycles. The topological polar surface area (TPSA) is 63.8 Å². The lowest BCUT2D eigenvalue weighted by molar-refractivity contribution is 0.955. The highest BCUT2D eigenvalue weighted by Crippen LogP contribution is 2.24. The molecule has 1 aromatic heterocycles. The first-order valence-corrected chi connectivity index (χ1v) is 6.88. The lowest BCUT2D eigenvalue weighted by atomic mass is 10.2. The predicted octanol–water partition coefficient (Wildman–Crippen LogP) is 2.79. The first-order valence-electron chi connectivity index (χ1n) is 5.68. The SMILES string of the molecule is Cc1nccc(CNc2ccc(C(N)=S)cc2Br)n1. The molecule has 0 spiro atoms. The zero-order valence-corrected chi connectivity index (χ0v) is 12.8. The third-order valence-corrected chi connectivity index (χ3v) is 3.44. The van der Waals surface area contributed by atoms with Crippen molar-refractivity contribution in [3.05, 3.63) is 52.0 Å². The van der Waals surface area contributed by atoms with Gasteiger partial charge in [0.2, 0.25) is 0 Å². The van der Waals surface area contributed by atoms with Crippen molar-refractivity contribution in [2.24, 2.45) is 5.73 Å². The number of benzene rings is 1. The Bertz CT molecular complexity index is 615. The van der Waals surface area contributed by atoms with Gasteiger partial charge in [-0.25, -0.2) is 9.97 Å². The van der Waals surface area contributed by atoms with E-state index in [-0.39, 0.29) is 0 Å². The van der Waals surface area contributed by atoms with Crippen LogP contribution in [0, 0.1) is 6.92 Å². The van der Waals surface area contributed by atoms with Crippen LogP contribution in [0.3, 0.4) is 0 Å². The van der Waals surface area contributed by atoms with Crippen molar-refractivity contribution in [1.82, 2.24) is 9.97 Å². The fourth-order valence-electron chi connectivity index (χ4n) is 1.60. The van der Waals surface area contributed by atoms with E-state index in [1.807, 2.05) is 31.2 Å². The van der Waals surface area contributed by atoms with Gasteiger partial charge in [-0.3, -0.25) is 0 Å². The number of nitrogens with two attached hydrogens (primary N) is 1. The number of halogens is 1. The quantitative estimate of drug-likeness (QED) is 0.840. The Morgan fingerprint density at radius 1 is 1.42 bits per heavy atom. The van der Waals surface area contributed by atoms with Crippen LogP contribution in [0.5, 0.6) is 0 Å².